The third-order valence-corrected chi connectivity index (χ3v) is 3.98. The summed E-state index contributed by atoms with van der Waals surface area (Å²) in [5.41, 5.74) is -0.517. The van der Waals surface area contributed by atoms with Crippen molar-refractivity contribution in [3.05, 3.63) is 64.3 Å². The van der Waals surface area contributed by atoms with Gasteiger partial charge in [0.05, 0.1) is 17.6 Å². The van der Waals surface area contributed by atoms with Gasteiger partial charge < -0.3 is 20.1 Å². The lowest BCUT2D eigenvalue weighted by Crippen LogP contribution is -2.47. The Balaban J connectivity index is 2.47. The van der Waals surface area contributed by atoms with Gasteiger partial charge in [-0.15, -0.1) is 0 Å². The van der Waals surface area contributed by atoms with E-state index < -0.39 is 34.7 Å². The molecule has 166 valence electrons. The molecule has 2 rings (SSSR count). The number of aromatic nitrogens is 1. The number of ether oxygens (including phenoxy) is 2. The summed E-state index contributed by atoms with van der Waals surface area (Å²) in [5.74, 6) is -0.843. The Hall–Kier alpha value is -3.69. The first-order valence-electron chi connectivity index (χ1n) is 9.69. The molecule has 0 aliphatic rings. The molecular weight excluding hydrogens is 404 g/mol. The highest BCUT2D eigenvalue weighted by molar-refractivity contribution is 5.82. The molecule has 31 heavy (non-hydrogen) atoms. The number of nitrogens with one attached hydrogen (secondary N) is 2. The molecule has 0 saturated heterocycles. The number of nitro groups is 1. The van der Waals surface area contributed by atoms with E-state index in [2.05, 4.69) is 15.6 Å². The monoisotopic (exact) mass is 430 g/mol. The van der Waals surface area contributed by atoms with Crippen LogP contribution in [0.2, 0.25) is 0 Å². The average Bonchev–Trinajstić information content (AvgIpc) is 2.70. The molecule has 1 aromatic carbocycles. The van der Waals surface area contributed by atoms with Crippen LogP contribution in [0, 0.1) is 10.1 Å². The van der Waals surface area contributed by atoms with Gasteiger partial charge in [0, 0.05) is 12.3 Å². The molecule has 0 spiro atoms. The fourth-order valence-corrected chi connectivity index (χ4v) is 2.77. The molecule has 0 aliphatic carbocycles. The van der Waals surface area contributed by atoms with E-state index in [1.54, 1.807) is 58.0 Å². The van der Waals surface area contributed by atoms with E-state index in [0.29, 0.717) is 5.56 Å². The molecule has 0 unspecified atom stereocenters. The number of rotatable bonds is 8. The number of esters is 1. The number of nitrogens with zero attached hydrogens (tertiary/aromatic N) is 2. The van der Waals surface area contributed by atoms with Crippen molar-refractivity contribution < 1.29 is 24.0 Å². The predicted molar refractivity (Wildman–Crippen MR) is 113 cm³/mol. The number of alkyl carbamates (subject to hydrolysis) is 1. The highest BCUT2D eigenvalue weighted by Crippen LogP contribution is 2.26. The minimum atomic E-state index is -1.22. The second-order valence-corrected chi connectivity index (χ2v) is 7.54. The van der Waals surface area contributed by atoms with Crippen LogP contribution in [0.15, 0.2) is 48.7 Å². The molecule has 0 aliphatic heterocycles. The van der Waals surface area contributed by atoms with Crippen molar-refractivity contribution >= 4 is 23.6 Å². The SMILES string of the molecule is CCOC(=O)[C@@H](Nc1ncccc1[N+](=O)[O-])[C@@H](NC(=O)OC(C)(C)C)c1ccccc1. The topological polar surface area (TPSA) is 133 Å². The van der Waals surface area contributed by atoms with Gasteiger partial charge >= 0.3 is 17.7 Å². The van der Waals surface area contributed by atoms with Crippen molar-refractivity contribution in [3.8, 4) is 0 Å². The Morgan fingerprint density at radius 1 is 1.16 bits per heavy atom. The van der Waals surface area contributed by atoms with E-state index in [1.165, 1.54) is 18.3 Å². The Labute approximate surface area is 180 Å². The summed E-state index contributed by atoms with van der Waals surface area (Å²) < 4.78 is 10.5. The van der Waals surface area contributed by atoms with Crippen LogP contribution in [0.4, 0.5) is 16.3 Å². The lowest BCUT2D eigenvalue weighted by molar-refractivity contribution is -0.384. The summed E-state index contributed by atoms with van der Waals surface area (Å²) in [6.45, 7) is 6.85. The molecule has 0 bridgehead atoms. The molecule has 10 nitrogen and oxygen atoms in total. The van der Waals surface area contributed by atoms with Crippen LogP contribution in [0.5, 0.6) is 0 Å². The van der Waals surface area contributed by atoms with Crippen molar-refractivity contribution in [2.24, 2.45) is 0 Å². The van der Waals surface area contributed by atoms with Crippen molar-refractivity contribution in [2.45, 2.75) is 45.4 Å². The Kier molecular flexibility index (Phi) is 7.89. The van der Waals surface area contributed by atoms with Crippen LogP contribution in [-0.2, 0) is 14.3 Å². The fraction of sp³-hybridized carbons (Fsp3) is 0.381. The number of amides is 1. The van der Waals surface area contributed by atoms with Gasteiger partial charge in [-0.25, -0.2) is 14.6 Å². The van der Waals surface area contributed by atoms with Crippen LogP contribution in [0.25, 0.3) is 0 Å². The van der Waals surface area contributed by atoms with Crippen LogP contribution >= 0.6 is 0 Å². The van der Waals surface area contributed by atoms with Gasteiger partial charge in [0.25, 0.3) is 0 Å². The summed E-state index contributed by atoms with van der Waals surface area (Å²) in [7, 11) is 0. The van der Waals surface area contributed by atoms with Gasteiger partial charge in [0.15, 0.2) is 6.04 Å². The Morgan fingerprint density at radius 3 is 2.42 bits per heavy atom. The van der Waals surface area contributed by atoms with E-state index in [9.17, 15) is 19.7 Å². The zero-order chi connectivity index (χ0) is 23.0. The quantitative estimate of drug-likeness (QED) is 0.369. The number of benzene rings is 1. The molecule has 0 fully saturated rings. The zero-order valence-corrected chi connectivity index (χ0v) is 17.8. The Morgan fingerprint density at radius 2 is 1.84 bits per heavy atom. The number of anilines is 1. The van der Waals surface area contributed by atoms with Crippen molar-refractivity contribution in [1.29, 1.82) is 0 Å². The molecule has 1 heterocycles. The molecule has 0 saturated carbocycles. The minimum absolute atomic E-state index is 0.0786. The first-order valence-corrected chi connectivity index (χ1v) is 9.69. The molecule has 2 N–H and O–H groups in total. The standard InChI is InChI=1S/C21H26N4O6/c1-5-30-19(26)17(23-18-15(25(28)29)12-9-13-22-18)16(14-10-7-6-8-11-14)24-20(27)31-21(2,3)4/h6-13,16-17H,5H2,1-4H3,(H,22,23)(H,24,27)/t16-,17-/m0/s1. The highest BCUT2D eigenvalue weighted by Gasteiger charge is 2.35. The molecule has 2 aromatic rings. The smallest absolute Gasteiger partial charge is 0.408 e. The highest BCUT2D eigenvalue weighted by atomic mass is 16.6. The largest absolute Gasteiger partial charge is 0.464 e. The number of pyridine rings is 1. The lowest BCUT2D eigenvalue weighted by Gasteiger charge is -2.29. The third-order valence-electron chi connectivity index (χ3n) is 3.98. The molecular formula is C21H26N4O6. The maximum Gasteiger partial charge on any atom is 0.408 e. The molecule has 2 atom stereocenters. The summed E-state index contributed by atoms with van der Waals surface area (Å²) in [6, 6.07) is 9.18. The number of carbonyl (C=O) groups excluding carboxylic acids is 2. The van der Waals surface area contributed by atoms with Gasteiger partial charge in [-0.05, 0) is 39.3 Å². The van der Waals surface area contributed by atoms with Gasteiger partial charge in [-0.2, -0.15) is 0 Å². The van der Waals surface area contributed by atoms with Crippen molar-refractivity contribution in [2.75, 3.05) is 11.9 Å². The minimum Gasteiger partial charge on any atom is -0.464 e. The van der Waals surface area contributed by atoms with Gasteiger partial charge in [0.2, 0.25) is 5.82 Å². The normalized spacial score (nSPS) is 12.9. The fourth-order valence-electron chi connectivity index (χ4n) is 2.77. The number of hydrogen-bond acceptors (Lipinski definition) is 8. The van der Waals surface area contributed by atoms with Gasteiger partial charge in [0.1, 0.15) is 5.60 Å². The van der Waals surface area contributed by atoms with Crippen molar-refractivity contribution in [3.63, 3.8) is 0 Å². The second kappa shape index (κ2) is 10.4. The number of hydrogen-bond donors (Lipinski definition) is 2. The zero-order valence-electron chi connectivity index (χ0n) is 17.8. The summed E-state index contributed by atoms with van der Waals surface area (Å²) >= 11 is 0. The molecule has 0 radical (unpaired) electrons. The Bertz CT molecular complexity index is 914. The van der Waals surface area contributed by atoms with E-state index in [0.717, 1.165) is 0 Å². The molecule has 1 aromatic heterocycles. The molecule has 10 heteroatoms. The number of carbonyl (C=O) groups is 2. The second-order valence-electron chi connectivity index (χ2n) is 7.54. The van der Waals surface area contributed by atoms with E-state index in [4.69, 9.17) is 9.47 Å². The van der Waals surface area contributed by atoms with Crippen molar-refractivity contribution in [1.82, 2.24) is 10.3 Å². The average molecular weight is 430 g/mol. The van der Waals surface area contributed by atoms with Gasteiger partial charge in [-0.1, -0.05) is 30.3 Å². The first kappa shape index (κ1) is 23.6. The van der Waals surface area contributed by atoms with Gasteiger partial charge in [-0.3, -0.25) is 10.1 Å². The van der Waals surface area contributed by atoms with E-state index in [-0.39, 0.29) is 18.1 Å². The summed E-state index contributed by atoms with van der Waals surface area (Å²) in [4.78, 5) is 40.1. The van der Waals surface area contributed by atoms with Crippen LogP contribution < -0.4 is 10.6 Å². The maximum absolute atomic E-state index is 12.8. The lowest BCUT2D eigenvalue weighted by atomic mass is 9.99. The van der Waals surface area contributed by atoms with E-state index in [1.807, 2.05) is 0 Å². The summed E-state index contributed by atoms with van der Waals surface area (Å²) in [5, 5.41) is 16.9. The van der Waals surface area contributed by atoms with Crippen LogP contribution in [-0.4, -0.2) is 40.2 Å². The third kappa shape index (κ3) is 6.95. The first-order chi connectivity index (χ1) is 14.6. The maximum atomic E-state index is 12.8. The van der Waals surface area contributed by atoms with Crippen LogP contribution in [0.1, 0.15) is 39.3 Å². The summed E-state index contributed by atoms with van der Waals surface area (Å²) in [6.07, 6.45) is 0.601. The molecule has 1 amide bonds. The van der Waals surface area contributed by atoms with E-state index >= 15 is 0 Å². The van der Waals surface area contributed by atoms with Crippen LogP contribution in [0.3, 0.4) is 0 Å². The predicted octanol–water partition coefficient (Wildman–Crippen LogP) is 3.60.